The van der Waals surface area contributed by atoms with Crippen molar-refractivity contribution in [3.05, 3.63) is 54.5 Å². The van der Waals surface area contributed by atoms with Crippen LogP contribution in [-0.2, 0) is 9.84 Å². The molecule has 1 aromatic carbocycles. The van der Waals surface area contributed by atoms with Crippen molar-refractivity contribution < 1.29 is 13.5 Å². The van der Waals surface area contributed by atoms with Crippen LogP contribution < -0.4 is 5.32 Å². The van der Waals surface area contributed by atoms with Crippen LogP contribution in [0.2, 0.25) is 0 Å². The number of anilines is 2. The molecule has 3 aromatic rings. The summed E-state index contributed by atoms with van der Waals surface area (Å²) in [5, 5.41) is 15.1. The zero-order valence-corrected chi connectivity index (χ0v) is 16.5. The fraction of sp³-hybridized carbons (Fsp3) is 0.333. The lowest BCUT2D eigenvalue weighted by Crippen LogP contribution is -2.17. The van der Waals surface area contributed by atoms with E-state index in [1.165, 1.54) is 6.26 Å². The number of nitrogens with zero attached hydrogens (tertiary/aromatic N) is 2. The second-order valence-corrected chi connectivity index (χ2v) is 9.43. The minimum absolute atomic E-state index is 0.194. The van der Waals surface area contributed by atoms with E-state index in [-0.39, 0.29) is 11.0 Å². The Balaban J connectivity index is 1.63. The molecule has 28 heavy (non-hydrogen) atoms. The van der Waals surface area contributed by atoms with Crippen LogP contribution in [0.1, 0.15) is 37.3 Å². The highest BCUT2D eigenvalue weighted by atomic mass is 32.2. The fourth-order valence-corrected chi connectivity index (χ4v) is 4.39. The van der Waals surface area contributed by atoms with Crippen LogP contribution in [0.15, 0.2) is 53.7 Å². The first-order chi connectivity index (χ1) is 13.4. The molecular formula is C21H23N3O3S. The molecule has 0 unspecified atom stereocenters. The summed E-state index contributed by atoms with van der Waals surface area (Å²) >= 11 is 0. The molecule has 1 fully saturated rings. The lowest BCUT2D eigenvalue weighted by molar-refractivity contribution is 0.122. The van der Waals surface area contributed by atoms with Crippen molar-refractivity contribution in [3.8, 4) is 0 Å². The number of pyridine rings is 2. The van der Waals surface area contributed by atoms with Crippen LogP contribution in [-0.4, -0.2) is 35.9 Å². The van der Waals surface area contributed by atoms with E-state index in [0.29, 0.717) is 11.7 Å². The molecule has 0 aliphatic heterocycles. The SMILES string of the molecule is CS(=O)(=O)c1ccc(Nc2cc3c(C4CCC(O)CC4)nccc3cn2)cc1. The fourth-order valence-electron chi connectivity index (χ4n) is 3.76. The van der Waals surface area contributed by atoms with E-state index in [2.05, 4.69) is 15.3 Å². The van der Waals surface area contributed by atoms with Crippen molar-refractivity contribution in [1.82, 2.24) is 9.97 Å². The lowest BCUT2D eigenvalue weighted by Gasteiger charge is -2.25. The molecule has 2 N–H and O–H groups in total. The summed E-state index contributed by atoms with van der Waals surface area (Å²) in [6.07, 6.45) is 8.14. The largest absolute Gasteiger partial charge is 0.393 e. The summed E-state index contributed by atoms with van der Waals surface area (Å²) in [5.74, 6) is 1.03. The Morgan fingerprint density at radius 2 is 1.75 bits per heavy atom. The molecule has 0 radical (unpaired) electrons. The average Bonchev–Trinajstić information content (AvgIpc) is 2.68. The van der Waals surface area contributed by atoms with Crippen LogP contribution in [0, 0.1) is 0 Å². The molecule has 7 heteroatoms. The van der Waals surface area contributed by atoms with E-state index >= 15 is 0 Å². The first-order valence-electron chi connectivity index (χ1n) is 9.40. The summed E-state index contributed by atoms with van der Waals surface area (Å²) in [7, 11) is -3.21. The number of sulfone groups is 1. The number of benzene rings is 1. The molecule has 0 saturated heterocycles. The van der Waals surface area contributed by atoms with E-state index in [1.807, 2.05) is 24.5 Å². The third kappa shape index (κ3) is 4.00. The second-order valence-electron chi connectivity index (χ2n) is 7.41. The zero-order valence-electron chi connectivity index (χ0n) is 15.7. The van der Waals surface area contributed by atoms with Gasteiger partial charge in [0.15, 0.2) is 9.84 Å². The molecule has 0 bridgehead atoms. The van der Waals surface area contributed by atoms with Crippen molar-refractivity contribution >= 4 is 32.1 Å². The van der Waals surface area contributed by atoms with E-state index < -0.39 is 9.84 Å². The summed E-state index contributed by atoms with van der Waals surface area (Å²) in [6.45, 7) is 0. The average molecular weight is 398 g/mol. The topological polar surface area (TPSA) is 92.2 Å². The molecule has 2 aromatic heterocycles. The summed E-state index contributed by atoms with van der Waals surface area (Å²) in [4.78, 5) is 9.40. The van der Waals surface area contributed by atoms with Crippen molar-refractivity contribution in [3.63, 3.8) is 0 Å². The normalized spacial score (nSPS) is 20.2. The number of aliphatic hydroxyl groups is 1. The zero-order chi connectivity index (χ0) is 19.7. The summed E-state index contributed by atoms with van der Waals surface area (Å²) < 4.78 is 23.2. The van der Waals surface area contributed by atoms with Gasteiger partial charge in [-0.3, -0.25) is 4.98 Å². The highest BCUT2D eigenvalue weighted by Crippen LogP contribution is 2.35. The number of aromatic nitrogens is 2. The molecular weight excluding hydrogens is 374 g/mol. The van der Waals surface area contributed by atoms with E-state index in [0.717, 1.165) is 47.8 Å². The number of nitrogens with one attached hydrogen (secondary N) is 1. The van der Waals surface area contributed by atoms with Crippen LogP contribution in [0.25, 0.3) is 10.8 Å². The highest BCUT2D eigenvalue weighted by Gasteiger charge is 2.23. The van der Waals surface area contributed by atoms with Crippen molar-refractivity contribution in [1.29, 1.82) is 0 Å². The number of hydrogen-bond acceptors (Lipinski definition) is 6. The van der Waals surface area contributed by atoms with Crippen LogP contribution in [0.5, 0.6) is 0 Å². The van der Waals surface area contributed by atoms with Crippen molar-refractivity contribution in [2.75, 3.05) is 11.6 Å². The van der Waals surface area contributed by atoms with E-state index in [9.17, 15) is 13.5 Å². The van der Waals surface area contributed by atoms with Gasteiger partial charge in [0.2, 0.25) is 0 Å². The lowest BCUT2D eigenvalue weighted by atomic mass is 9.84. The Morgan fingerprint density at radius 1 is 1.04 bits per heavy atom. The Hall–Kier alpha value is -2.51. The van der Waals surface area contributed by atoms with Gasteiger partial charge < -0.3 is 10.4 Å². The first kappa shape index (κ1) is 18.8. The van der Waals surface area contributed by atoms with Gasteiger partial charge in [-0.05, 0) is 62.1 Å². The van der Waals surface area contributed by atoms with Crippen LogP contribution in [0.3, 0.4) is 0 Å². The molecule has 4 rings (SSSR count). The number of hydrogen-bond donors (Lipinski definition) is 2. The van der Waals surface area contributed by atoms with Gasteiger partial charge >= 0.3 is 0 Å². The quantitative estimate of drug-likeness (QED) is 0.696. The van der Waals surface area contributed by atoms with Crippen molar-refractivity contribution in [2.45, 2.75) is 42.6 Å². The van der Waals surface area contributed by atoms with Gasteiger partial charge in [0.05, 0.1) is 16.7 Å². The minimum Gasteiger partial charge on any atom is -0.393 e. The molecule has 146 valence electrons. The number of rotatable bonds is 4. The smallest absolute Gasteiger partial charge is 0.175 e. The van der Waals surface area contributed by atoms with Crippen molar-refractivity contribution in [2.24, 2.45) is 0 Å². The highest BCUT2D eigenvalue weighted by molar-refractivity contribution is 7.90. The third-order valence-electron chi connectivity index (χ3n) is 5.32. The Bertz CT molecular complexity index is 1090. The van der Waals surface area contributed by atoms with E-state index in [1.54, 1.807) is 24.3 Å². The van der Waals surface area contributed by atoms with Gasteiger partial charge in [0, 0.05) is 41.0 Å². The Morgan fingerprint density at radius 3 is 2.43 bits per heavy atom. The molecule has 0 atom stereocenters. The first-order valence-corrected chi connectivity index (χ1v) is 11.3. The van der Waals surface area contributed by atoms with E-state index in [4.69, 9.17) is 0 Å². The molecule has 1 aliphatic rings. The Kier molecular flexibility index (Phi) is 5.03. The van der Waals surface area contributed by atoms with Gasteiger partial charge in [-0.1, -0.05) is 0 Å². The second kappa shape index (κ2) is 7.48. The molecule has 2 heterocycles. The predicted molar refractivity (Wildman–Crippen MR) is 110 cm³/mol. The van der Waals surface area contributed by atoms with Crippen LogP contribution in [0.4, 0.5) is 11.5 Å². The minimum atomic E-state index is -3.21. The summed E-state index contributed by atoms with van der Waals surface area (Å²) in [6, 6.07) is 10.6. The molecule has 6 nitrogen and oxygen atoms in total. The summed E-state index contributed by atoms with van der Waals surface area (Å²) in [5.41, 5.74) is 1.83. The maximum Gasteiger partial charge on any atom is 0.175 e. The van der Waals surface area contributed by atoms with Gasteiger partial charge in [-0.2, -0.15) is 0 Å². The maximum absolute atomic E-state index is 11.6. The van der Waals surface area contributed by atoms with Gasteiger partial charge in [0.25, 0.3) is 0 Å². The molecule has 0 spiro atoms. The predicted octanol–water partition coefficient (Wildman–Crippen LogP) is 3.80. The van der Waals surface area contributed by atoms with Crippen LogP contribution >= 0.6 is 0 Å². The number of fused-ring (bicyclic) bond motifs is 1. The third-order valence-corrected chi connectivity index (χ3v) is 6.45. The number of aliphatic hydroxyl groups excluding tert-OH is 1. The molecule has 0 amide bonds. The standard InChI is InChI=1S/C21H23N3O3S/c1-28(26,27)18-8-4-16(5-9-18)24-20-12-19-15(13-23-20)10-11-22-21(19)14-2-6-17(25)7-3-14/h4-5,8-14,17,25H,2-3,6-7H2,1H3,(H,23,24). The molecule has 1 saturated carbocycles. The van der Waals surface area contributed by atoms with Gasteiger partial charge in [0.1, 0.15) is 5.82 Å². The molecule has 1 aliphatic carbocycles. The van der Waals surface area contributed by atoms with Gasteiger partial charge in [-0.15, -0.1) is 0 Å². The van der Waals surface area contributed by atoms with Gasteiger partial charge in [-0.25, -0.2) is 13.4 Å². The monoisotopic (exact) mass is 397 g/mol. The maximum atomic E-state index is 11.6. The Labute approximate surface area is 164 Å².